The summed E-state index contributed by atoms with van der Waals surface area (Å²) in [5.74, 6) is -0.293. The fourth-order valence-corrected chi connectivity index (χ4v) is 4.57. The third-order valence-electron chi connectivity index (χ3n) is 4.26. The number of fused-ring (bicyclic) bond motifs is 2. The van der Waals surface area contributed by atoms with Crippen molar-refractivity contribution in [2.75, 3.05) is 0 Å². The first-order valence-electron chi connectivity index (χ1n) is 8.25. The molecule has 0 aliphatic rings. The molecule has 3 nitrogen and oxygen atoms in total. The summed E-state index contributed by atoms with van der Waals surface area (Å²) in [6.45, 7) is 4.27. The second-order valence-electron chi connectivity index (χ2n) is 5.94. The maximum Gasteiger partial charge on any atom is 0.280 e. The lowest BCUT2D eigenvalue weighted by Crippen LogP contribution is -2.16. The predicted octanol–water partition coefficient (Wildman–Crippen LogP) is 6.09. The molecule has 0 spiro atoms. The van der Waals surface area contributed by atoms with Gasteiger partial charge in [-0.2, -0.15) is 4.99 Å². The molecule has 134 valence electrons. The highest BCUT2D eigenvalue weighted by molar-refractivity contribution is 7.16. The molecule has 0 bridgehead atoms. The Hall–Kier alpha value is -2.40. The first-order chi connectivity index (χ1) is 13.1. The summed E-state index contributed by atoms with van der Waals surface area (Å²) >= 11 is 14.0. The second kappa shape index (κ2) is 7.31. The van der Waals surface area contributed by atoms with E-state index < -0.39 is 0 Å². The van der Waals surface area contributed by atoms with Crippen LogP contribution < -0.4 is 4.80 Å². The van der Waals surface area contributed by atoms with Crippen LogP contribution in [0.2, 0.25) is 10.0 Å². The number of benzene rings is 3. The van der Waals surface area contributed by atoms with Crippen molar-refractivity contribution >= 4 is 61.4 Å². The number of thiazole rings is 1. The van der Waals surface area contributed by atoms with Crippen LogP contribution in [0.3, 0.4) is 0 Å². The van der Waals surface area contributed by atoms with Crippen molar-refractivity contribution in [2.24, 2.45) is 4.99 Å². The molecule has 0 atom stereocenters. The van der Waals surface area contributed by atoms with E-state index in [1.807, 2.05) is 47.0 Å². The van der Waals surface area contributed by atoms with Crippen molar-refractivity contribution < 1.29 is 4.79 Å². The van der Waals surface area contributed by atoms with Crippen LogP contribution in [0.15, 0.2) is 72.2 Å². The van der Waals surface area contributed by atoms with Crippen LogP contribution in [0.4, 0.5) is 0 Å². The molecule has 0 unspecified atom stereocenters. The van der Waals surface area contributed by atoms with Crippen molar-refractivity contribution in [1.29, 1.82) is 0 Å². The number of carbonyl (C=O) groups excluding carboxylic acids is 1. The summed E-state index contributed by atoms with van der Waals surface area (Å²) in [5.41, 5.74) is 1.33. The van der Waals surface area contributed by atoms with Crippen molar-refractivity contribution in [3.8, 4) is 0 Å². The van der Waals surface area contributed by atoms with Gasteiger partial charge in [-0.3, -0.25) is 4.79 Å². The van der Waals surface area contributed by atoms with Gasteiger partial charge in [0.2, 0.25) is 0 Å². The maximum atomic E-state index is 13.0. The molecule has 0 aliphatic heterocycles. The number of rotatable bonds is 3. The Morgan fingerprint density at radius 3 is 2.70 bits per heavy atom. The Morgan fingerprint density at radius 1 is 1.11 bits per heavy atom. The summed E-state index contributed by atoms with van der Waals surface area (Å²) in [7, 11) is 0. The summed E-state index contributed by atoms with van der Waals surface area (Å²) in [6.07, 6.45) is 1.74. The minimum atomic E-state index is -0.293. The Balaban J connectivity index is 1.94. The smallest absolute Gasteiger partial charge is 0.280 e. The number of amides is 1. The summed E-state index contributed by atoms with van der Waals surface area (Å²) < 4.78 is 2.78. The Morgan fingerprint density at radius 2 is 1.89 bits per heavy atom. The monoisotopic (exact) mass is 412 g/mol. The molecule has 3 aromatic carbocycles. The molecule has 4 rings (SSSR count). The average molecular weight is 413 g/mol. The first-order valence-corrected chi connectivity index (χ1v) is 9.82. The molecule has 0 aliphatic carbocycles. The molecule has 1 amide bonds. The van der Waals surface area contributed by atoms with Crippen LogP contribution in [0, 0.1) is 0 Å². The van der Waals surface area contributed by atoms with Gasteiger partial charge < -0.3 is 4.57 Å². The minimum absolute atomic E-state index is 0.293. The fourth-order valence-electron chi connectivity index (χ4n) is 3.05. The number of carbonyl (C=O) groups is 1. The van der Waals surface area contributed by atoms with E-state index in [1.54, 1.807) is 18.2 Å². The molecule has 0 radical (unpaired) electrons. The molecule has 27 heavy (non-hydrogen) atoms. The van der Waals surface area contributed by atoms with Gasteiger partial charge in [0.1, 0.15) is 0 Å². The lowest BCUT2D eigenvalue weighted by atomic mass is 10.0. The van der Waals surface area contributed by atoms with Crippen LogP contribution in [-0.2, 0) is 6.54 Å². The van der Waals surface area contributed by atoms with Gasteiger partial charge in [-0.25, -0.2) is 0 Å². The van der Waals surface area contributed by atoms with Crippen LogP contribution >= 0.6 is 34.5 Å². The molecule has 0 fully saturated rings. The zero-order chi connectivity index (χ0) is 19.0. The van der Waals surface area contributed by atoms with E-state index in [2.05, 4.69) is 11.6 Å². The van der Waals surface area contributed by atoms with Gasteiger partial charge in [0.05, 0.1) is 20.3 Å². The summed E-state index contributed by atoms with van der Waals surface area (Å²) in [5, 5.41) is 2.80. The molecule has 4 aromatic rings. The summed E-state index contributed by atoms with van der Waals surface area (Å²) in [6, 6.07) is 17.0. The summed E-state index contributed by atoms with van der Waals surface area (Å²) in [4.78, 5) is 17.9. The van der Waals surface area contributed by atoms with E-state index in [-0.39, 0.29) is 5.91 Å². The van der Waals surface area contributed by atoms with Crippen molar-refractivity contribution in [1.82, 2.24) is 4.57 Å². The van der Waals surface area contributed by atoms with E-state index in [0.717, 1.165) is 21.0 Å². The third kappa shape index (κ3) is 3.21. The number of nitrogens with zero attached hydrogens (tertiary/aromatic N) is 2. The number of aromatic nitrogens is 1. The largest absolute Gasteiger partial charge is 0.311 e. The molecule has 1 aromatic heterocycles. The van der Waals surface area contributed by atoms with Gasteiger partial charge in [0, 0.05) is 12.1 Å². The molecule has 6 heteroatoms. The highest BCUT2D eigenvalue weighted by atomic mass is 35.5. The molecule has 1 heterocycles. The Labute approximate surface area is 169 Å². The highest BCUT2D eigenvalue weighted by Crippen LogP contribution is 2.32. The number of halogens is 2. The van der Waals surface area contributed by atoms with E-state index in [0.29, 0.717) is 27.0 Å². The van der Waals surface area contributed by atoms with E-state index in [9.17, 15) is 4.79 Å². The van der Waals surface area contributed by atoms with Gasteiger partial charge in [-0.05, 0) is 29.0 Å². The maximum absolute atomic E-state index is 13.0. The number of hydrogen-bond donors (Lipinski definition) is 0. The zero-order valence-corrected chi connectivity index (χ0v) is 16.5. The van der Waals surface area contributed by atoms with E-state index in [4.69, 9.17) is 23.2 Å². The second-order valence-corrected chi connectivity index (χ2v) is 7.73. The topological polar surface area (TPSA) is 34.4 Å². The van der Waals surface area contributed by atoms with Crippen LogP contribution in [0.1, 0.15) is 10.4 Å². The SMILES string of the molecule is C=CCn1c(=NC(=O)c2cccc3ccccc23)sc2ccc(Cl)c(Cl)c21. The number of hydrogen-bond acceptors (Lipinski definition) is 2. The lowest BCUT2D eigenvalue weighted by molar-refractivity contribution is 0.0999. The first kappa shape index (κ1) is 18.0. The fraction of sp³-hybridized carbons (Fsp3) is 0.0476. The van der Waals surface area contributed by atoms with Crippen LogP contribution in [-0.4, -0.2) is 10.5 Å². The van der Waals surface area contributed by atoms with Gasteiger partial charge in [0.25, 0.3) is 5.91 Å². The standard InChI is InChI=1S/C21H14Cl2N2OS/c1-2-12-25-19-17(11-10-16(22)18(19)23)27-21(25)24-20(26)15-9-5-7-13-6-3-4-8-14(13)15/h2-11H,1,12H2. The normalized spacial score (nSPS) is 12.0. The Kier molecular flexibility index (Phi) is 4.87. The third-order valence-corrected chi connectivity index (χ3v) is 6.10. The zero-order valence-electron chi connectivity index (χ0n) is 14.2. The van der Waals surface area contributed by atoms with Gasteiger partial charge in [0.15, 0.2) is 4.80 Å². The van der Waals surface area contributed by atoms with Crippen molar-refractivity contribution in [3.63, 3.8) is 0 Å². The highest BCUT2D eigenvalue weighted by Gasteiger charge is 2.14. The molecule has 0 saturated heterocycles. The van der Waals surface area contributed by atoms with Crippen molar-refractivity contribution in [3.05, 3.63) is 87.7 Å². The molecule has 0 saturated carbocycles. The van der Waals surface area contributed by atoms with Gasteiger partial charge >= 0.3 is 0 Å². The molecular formula is C21H14Cl2N2OS. The van der Waals surface area contributed by atoms with Gasteiger partial charge in [-0.1, -0.05) is 77.0 Å². The predicted molar refractivity (Wildman–Crippen MR) is 114 cm³/mol. The van der Waals surface area contributed by atoms with Crippen molar-refractivity contribution in [2.45, 2.75) is 6.54 Å². The lowest BCUT2D eigenvalue weighted by Gasteiger charge is -2.05. The molecule has 0 N–H and O–H groups in total. The van der Waals surface area contributed by atoms with Crippen LogP contribution in [0.5, 0.6) is 0 Å². The Bertz CT molecular complexity index is 1270. The minimum Gasteiger partial charge on any atom is -0.311 e. The van der Waals surface area contributed by atoms with E-state index in [1.165, 1.54) is 11.3 Å². The molecular weight excluding hydrogens is 399 g/mol. The van der Waals surface area contributed by atoms with Crippen LogP contribution in [0.25, 0.3) is 21.0 Å². The number of allylic oxidation sites excluding steroid dienone is 1. The van der Waals surface area contributed by atoms with Gasteiger partial charge in [-0.15, -0.1) is 6.58 Å². The van der Waals surface area contributed by atoms with E-state index >= 15 is 0 Å². The average Bonchev–Trinajstić information content (AvgIpc) is 3.02. The quantitative estimate of drug-likeness (QED) is 0.374.